The minimum atomic E-state index is -1.04. The summed E-state index contributed by atoms with van der Waals surface area (Å²) in [4.78, 5) is 33.6. The fraction of sp³-hybridized carbons (Fsp3) is 0.167. The zero-order chi connectivity index (χ0) is 27.4. The van der Waals surface area contributed by atoms with Gasteiger partial charge < -0.3 is 19.4 Å². The number of aliphatic hydroxyl groups excluding tert-OH is 1. The van der Waals surface area contributed by atoms with Crippen molar-refractivity contribution >= 4 is 49.3 Å². The number of phenols is 1. The van der Waals surface area contributed by atoms with Crippen molar-refractivity contribution in [2.75, 3.05) is 11.5 Å². The number of thiazole rings is 1. The van der Waals surface area contributed by atoms with Crippen molar-refractivity contribution in [3.05, 3.63) is 94.4 Å². The number of rotatable bonds is 6. The zero-order valence-electron chi connectivity index (χ0n) is 21.4. The molecule has 5 aromatic rings. The Morgan fingerprint density at radius 2 is 1.90 bits per heavy atom. The van der Waals surface area contributed by atoms with Gasteiger partial charge in [-0.15, -0.1) is 0 Å². The fourth-order valence-corrected chi connectivity index (χ4v) is 6.18. The van der Waals surface area contributed by atoms with Crippen molar-refractivity contribution < 1.29 is 29.0 Å². The summed E-state index contributed by atoms with van der Waals surface area (Å²) in [6.45, 7) is 6.01. The number of aryl methyl sites for hydroxylation is 2. The molecule has 1 aliphatic rings. The highest BCUT2D eigenvalue weighted by Gasteiger charge is 2.47. The Balaban J connectivity index is 1.54. The molecule has 0 fully saturated rings. The predicted octanol–water partition coefficient (Wildman–Crippen LogP) is 6.55. The van der Waals surface area contributed by atoms with Gasteiger partial charge in [-0.25, -0.2) is 4.98 Å². The number of aliphatic hydroxyl groups is 1. The summed E-state index contributed by atoms with van der Waals surface area (Å²) in [5, 5.41) is 22.5. The van der Waals surface area contributed by atoms with Gasteiger partial charge in [-0.3, -0.25) is 14.5 Å². The molecule has 8 nitrogen and oxygen atoms in total. The average molecular weight is 541 g/mol. The number of hydrogen-bond acceptors (Lipinski definition) is 8. The second-order valence-electron chi connectivity index (χ2n) is 9.40. The Bertz CT molecular complexity index is 1800. The molecule has 0 spiro atoms. The van der Waals surface area contributed by atoms with Crippen LogP contribution in [0.3, 0.4) is 0 Å². The number of anilines is 1. The van der Waals surface area contributed by atoms with E-state index in [-0.39, 0.29) is 22.8 Å². The number of benzene rings is 3. The number of nitrogens with zero attached hydrogens (tertiary/aromatic N) is 2. The molecule has 0 unspecified atom stereocenters. The summed E-state index contributed by atoms with van der Waals surface area (Å²) in [5.74, 6) is -1.94. The van der Waals surface area contributed by atoms with Crippen LogP contribution < -0.4 is 9.64 Å². The number of aromatic hydroxyl groups is 1. The number of Topliss-reactive ketones (excluding diaryl/α,β-unsaturated/α-hetero) is 1. The van der Waals surface area contributed by atoms with E-state index in [1.54, 1.807) is 37.3 Å². The lowest BCUT2D eigenvalue weighted by atomic mass is 9.95. The Hall–Kier alpha value is -4.63. The molecule has 2 N–H and O–H groups in total. The first-order valence-electron chi connectivity index (χ1n) is 12.4. The SMILES string of the molecule is CCOc1cc([C@@H]2C(C(=O)c3cc4ccccc4o3)=C(O)C(=O)N2c2nc3c(C)cc(C)cc3s2)ccc1O. The van der Waals surface area contributed by atoms with Crippen molar-refractivity contribution in [1.82, 2.24) is 4.98 Å². The Kier molecular flexibility index (Phi) is 5.88. The van der Waals surface area contributed by atoms with Crippen LogP contribution in [0.5, 0.6) is 11.5 Å². The maximum absolute atomic E-state index is 13.9. The third kappa shape index (κ3) is 4.02. The third-order valence-corrected chi connectivity index (χ3v) is 7.73. The first-order chi connectivity index (χ1) is 18.8. The molecule has 1 amide bonds. The van der Waals surface area contributed by atoms with Crippen LogP contribution in [-0.2, 0) is 4.79 Å². The third-order valence-electron chi connectivity index (χ3n) is 6.73. The number of hydrogen-bond donors (Lipinski definition) is 2. The van der Waals surface area contributed by atoms with Crippen LogP contribution in [0.25, 0.3) is 21.2 Å². The lowest BCUT2D eigenvalue weighted by Gasteiger charge is -2.24. The predicted molar refractivity (Wildman–Crippen MR) is 149 cm³/mol. The molecule has 9 heteroatoms. The van der Waals surface area contributed by atoms with Crippen molar-refractivity contribution in [2.24, 2.45) is 0 Å². The van der Waals surface area contributed by atoms with E-state index in [1.807, 2.05) is 38.1 Å². The molecule has 1 aliphatic heterocycles. The molecule has 196 valence electrons. The van der Waals surface area contributed by atoms with E-state index in [0.29, 0.717) is 22.9 Å². The number of para-hydroxylation sites is 1. The molecule has 6 rings (SSSR count). The van der Waals surface area contributed by atoms with Crippen molar-refractivity contribution in [1.29, 1.82) is 0 Å². The van der Waals surface area contributed by atoms with Gasteiger partial charge in [-0.1, -0.05) is 41.7 Å². The van der Waals surface area contributed by atoms with Gasteiger partial charge in [0, 0.05) is 5.39 Å². The number of carbonyl (C=O) groups excluding carboxylic acids is 2. The van der Waals surface area contributed by atoms with Gasteiger partial charge in [0.25, 0.3) is 5.91 Å². The number of phenolic OH excluding ortho intramolecular Hbond substituents is 1. The molecular formula is C30H24N2O6S. The first-order valence-corrected chi connectivity index (χ1v) is 13.2. The van der Waals surface area contributed by atoms with E-state index < -0.39 is 23.5 Å². The molecule has 0 saturated heterocycles. The number of ether oxygens (including phenoxy) is 1. The van der Waals surface area contributed by atoms with Crippen molar-refractivity contribution in [3.8, 4) is 11.5 Å². The van der Waals surface area contributed by atoms with E-state index in [4.69, 9.17) is 14.1 Å². The largest absolute Gasteiger partial charge is 0.504 e. The van der Waals surface area contributed by atoms with Gasteiger partial charge in [-0.2, -0.15) is 0 Å². The zero-order valence-corrected chi connectivity index (χ0v) is 22.2. The van der Waals surface area contributed by atoms with Gasteiger partial charge in [0.15, 0.2) is 28.1 Å². The number of fused-ring (bicyclic) bond motifs is 2. The molecule has 3 heterocycles. The Labute approximate surface area is 227 Å². The highest BCUT2D eigenvalue weighted by atomic mass is 32.1. The van der Waals surface area contributed by atoms with Crippen LogP contribution in [0, 0.1) is 13.8 Å². The number of amides is 1. The van der Waals surface area contributed by atoms with Gasteiger partial charge in [0.2, 0.25) is 5.78 Å². The van der Waals surface area contributed by atoms with E-state index >= 15 is 0 Å². The minimum Gasteiger partial charge on any atom is -0.504 e. The normalized spacial score (nSPS) is 15.6. The van der Waals surface area contributed by atoms with Crippen LogP contribution in [0.1, 0.15) is 40.2 Å². The molecule has 2 aromatic heterocycles. The second-order valence-corrected chi connectivity index (χ2v) is 10.4. The highest BCUT2D eigenvalue weighted by molar-refractivity contribution is 7.22. The molecule has 0 radical (unpaired) electrons. The summed E-state index contributed by atoms with van der Waals surface area (Å²) in [6.07, 6.45) is 0. The second kappa shape index (κ2) is 9.28. The topological polar surface area (TPSA) is 113 Å². The van der Waals surface area contributed by atoms with E-state index in [1.165, 1.54) is 22.3 Å². The van der Waals surface area contributed by atoms with Crippen LogP contribution >= 0.6 is 11.3 Å². The maximum Gasteiger partial charge on any atom is 0.296 e. The number of furan rings is 1. The molecule has 1 atom stereocenters. The highest BCUT2D eigenvalue weighted by Crippen LogP contribution is 2.46. The number of carbonyl (C=O) groups is 2. The smallest absolute Gasteiger partial charge is 0.296 e. The Morgan fingerprint density at radius 1 is 1.10 bits per heavy atom. The summed E-state index contributed by atoms with van der Waals surface area (Å²) in [7, 11) is 0. The van der Waals surface area contributed by atoms with Crippen LogP contribution in [0.2, 0.25) is 0 Å². The summed E-state index contributed by atoms with van der Waals surface area (Å²) in [6, 6.07) is 16.3. The molecule has 0 bridgehead atoms. The standard InChI is InChI=1S/C30H24N2O6S/c1-4-37-21-14-18(9-10-19(21)33)26-24(27(34)22-13-17-7-5-6-8-20(17)38-22)28(35)29(36)32(26)30-31-25-16(3)11-15(2)12-23(25)39-30/h5-14,26,33,35H,4H2,1-3H3/t26-/m1/s1. The van der Waals surface area contributed by atoms with Crippen LogP contribution in [-0.4, -0.2) is 33.5 Å². The van der Waals surface area contributed by atoms with Crippen LogP contribution in [0.4, 0.5) is 5.13 Å². The maximum atomic E-state index is 13.9. The van der Waals surface area contributed by atoms with E-state index in [0.717, 1.165) is 26.7 Å². The van der Waals surface area contributed by atoms with Gasteiger partial charge in [-0.05, 0) is 67.8 Å². The van der Waals surface area contributed by atoms with Gasteiger partial charge in [0.05, 0.1) is 28.4 Å². The number of ketones is 1. The quantitative estimate of drug-likeness (QED) is 0.235. The monoisotopic (exact) mass is 540 g/mol. The van der Waals surface area contributed by atoms with Crippen molar-refractivity contribution in [3.63, 3.8) is 0 Å². The lowest BCUT2D eigenvalue weighted by Crippen LogP contribution is -2.31. The van der Waals surface area contributed by atoms with E-state index in [2.05, 4.69) is 0 Å². The average Bonchev–Trinajstić information content (AvgIpc) is 3.60. The molecule has 0 aliphatic carbocycles. The van der Waals surface area contributed by atoms with Crippen LogP contribution in [0.15, 0.2) is 76.4 Å². The number of aromatic nitrogens is 1. The van der Waals surface area contributed by atoms with Gasteiger partial charge in [0.1, 0.15) is 5.58 Å². The Morgan fingerprint density at radius 3 is 2.67 bits per heavy atom. The lowest BCUT2D eigenvalue weighted by molar-refractivity contribution is -0.117. The van der Waals surface area contributed by atoms with Gasteiger partial charge >= 0.3 is 0 Å². The molecule has 0 saturated carbocycles. The summed E-state index contributed by atoms with van der Waals surface area (Å²) < 4.78 is 12.3. The molecular weight excluding hydrogens is 516 g/mol. The summed E-state index contributed by atoms with van der Waals surface area (Å²) in [5.41, 5.74) is 3.58. The fourth-order valence-electron chi connectivity index (χ4n) is 5.01. The molecule has 39 heavy (non-hydrogen) atoms. The summed E-state index contributed by atoms with van der Waals surface area (Å²) >= 11 is 1.30. The van der Waals surface area contributed by atoms with Crippen molar-refractivity contribution in [2.45, 2.75) is 26.8 Å². The van der Waals surface area contributed by atoms with E-state index in [9.17, 15) is 19.8 Å². The molecule has 3 aromatic carbocycles. The first kappa shape index (κ1) is 24.7. The minimum absolute atomic E-state index is 0.00280.